The van der Waals surface area contributed by atoms with Gasteiger partial charge >= 0.3 is 0 Å². The van der Waals surface area contributed by atoms with Gasteiger partial charge in [0.05, 0.1) is 17.1 Å². The number of hydrogen-bond acceptors (Lipinski definition) is 2. The van der Waals surface area contributed by atoms with E-state index in [4.69, 9.17) is 4.98 Å². The van der Waals surface area contributed by atoms with Crippen LogP contribution in [0.25, 0.3) is 11.0 Å². The Morgan fingerprint density at radius 1 is 1.41 bits per heavy atom. The average molecular weight is 294 g/mol. The zero-order chi connectivity index (χ0) is 12.0. The highest BCUT2D eigenvalue weighted by molar-refractivity contribution is 9.10. The lowest BCUT2D eigenvalue weighted by atomic mass is 10.0. The molecule has 2 atom stereocenters. The van der Waals surface area contributed by atoms with E-state index in [-0.39, 0.29) is 0 Å². The van der Waals surface area contributed by atoms with Crippen LogP contribution in [0.3, 0.4) is 0 Å². The van der Waals surface area contributed by atoms with Crippen molar-refractivity contribution in [3.63, 3.8) is 0 Å². The van der Waals surface area contributed by atoms with Crippen LogP contribution in [-0.2, 0) is 0 Å². The van der Waals surface area contributed by atoms with Gasteiger partial charge in [0.2, 0.25) is 0 Å². The van der Waals surface area contributed by atoms with Gasteiger partial charge in [0.15, 0.2) is 0 Å². The van der Waals surface area contributed by atoms with Gasteiger partial charge in [-0.2, -0.15) is 0 Å². The Morgan fingerprint density at radius 2 is 2.24 bits per heavy atom. The van der Waals surface area contributed by atoms with Crippen LogP contribution in [0.2, 0.25) is 0 Å². The summed E-state index contributed by atoms with van der Waals surface area (Å²) in [4.78, 5) is 8.19. The van der Waals surface area contributed by atoms with E-state index < -0.39 is 0 Å². The van der Waals surface area contributed by atoms with Crippen molar-refractivity contribution in [3.8, 4) is 0 Å². The molecule has 1 aliphatic rings. The van der Waals surface area contributed by atoms with Gasteiger partial charge in [0.1, 0.15) is 5.82 Å². The van der Waals surface area contributed by atoms with Crippen LogP contribution >= 0.6 is 15.9 Å². The molecule has 0 spiro atoms. The third kappa shape index (κ3) is 1.89. The molecule has 2 heterocycles. The summed E-state index contributed by atoms with van der Waals surface area (Å²) in [6.45, 7) is 5.47. The van der Waals surface area contributed by atoms with Crippen LogP contribution in [0.5, 0.6) is 0 Å². The van der Waals surface area contributed by atoms with E-state index in [2.05, 4.69) is 52.2 Å². The fraction of sp³-hybridized carbons (Fsp3) is 0.462. The first-order chi connectivity index (χ1) is 8.15. The molecule has 90 valence electrons. The van der Waals surface area contributed by atoms with E-state index in [1.54, 1.807) is 0 Å². The Labute approximate surface area is 109 Å². The lowest BCUT2D eigenvalue weighted by Crippen LogP contribution is -2.17. The molecule has 0 saturated carbocycles. The topological polar surface area (TPSA) is 40.7 Å². The molecule has 4 heteroatoms. The molecule has 1 aliphatic heterocycles. The Bertz CT molecular complexity index is 561. The Balaban J connectivity index is 2.10. The van der Waals surface area contributed by atoms with E-state index >= 15 is 0 Å². The maximum absolute atomic E-state index is 4.75. The zero-order valence-corrected chi connectivity index (χ0v) is 11.6. The molecule has 0 aliphatic carbocycles. The van der Waals surface area contributed by atoms with E-state index in [0.29, 0.717) is 12.0 Å². The summed E-state index contributed by atoms with van der Waals surface area (Å²) in [5.41, 5.74) is 3.42. The molecule has 3 nitrogen and oxygen atoms in total. The number of benzene rings is 1. The second kappa shape index (κ2) is 4.10. The number of fused-ring (bicyclic) bond motifs is 1. The van der Waals surface area contributed by atoms with E-state index in [9.17, 15) is 0 Å². The number of aromatic nitrogens is 2. The first kappa shape index (κ1) is 11.2. The number of halogens is 1. The van der Waals surface area contributed by atoms with Gasteiger partial charge in [-0.25, -0.2) is 4.98 Å². The number of imidazole rings is 1. The number of hydrogen-bond donors (Lipinski definition) is 2. The van der Waals surface area contributed by atoms with Crippen LogP contribution in [0.1, 0.15) is 30.8 Å². The van der Waals surface area contributed by atoms with Crippen molar-refractivity contribution in [1.82, 2.24) is 15.3 Å². The normalized spacial score (nSPS) is 24.6. The van der Waals surface area contributed by atoms with Crippen molar-refractivity contribution in [2.24, 2.45) is 5.92 Å². The summed E-state index contributed by atoms with van der Waals surface area (Å²) in [5.74, 6) is 1.73. The number of rotatable bonds is 1. The minimum atomic E-state index is 0.376. The minimum absolute atomic E-state index is 0.376. The van der Waals surface area contributed by atoms with Crippen LogP contribution in [0, 0.1) is 12.8 Å². The smallest absolute Gasteiger partial charge is 0.124 e. The number of nitrogens with zero attached hydrogens (tertiary/aromatic N) is 1. The lowest BCUT2D eigenvalue weighted by molar-refractivity contribution is 0.484. The van der Waals surface area contributed by atoms with Crippen LogP contribution < -0.4 is 5.32 Å². The van der Waals surface area contributed by atoms with Gasteiger partial charge in [0.25, 0.3) is 0 Å². The van der Waals surface area contributed by atoms with Gasteiger partial charge in [-0.15, -0.1) is 0 Å². The quantitative estimate of drug-likeness (QED) is 0.847. The molecule has 2 aromatic rings. The molecule has 17 heavy (non-hydrogen) atoms. The molecule has 3 rings (SSSR count). The highest BCUT2D eigenvalue weighted by Crippen LogP contribution is 2.30. The summed E-state index contributed by atoms with van der Waals surface area (Å²) in [7, 11) is 0. The van der Waals surface area contributed by atoms with Gasteiger partial charge in [-0.3, -0.25) is 0 Å². The van der Waals surface area contributed by atoms with E-state index in [0.717, 1.165) is 27.9 Å². The summed E-state index contributed by atoms with van der Waals surface area (Å²) in [5, 5.41) is 3.51. The average Bonchev–Trinajstić information content (AvgIpc) is 2.83. The van der Waals surface area contributed by atoms with Crippen molar-refractivity contribution in [3.05, 3.63) is 28.0 Å². The predicted molar refractivity (Wildman–Crippen MR) is 73.1 cm³/mol. The highest BCUT2D eigenvalue weighted by atomic mass is 79.9. The molecule has 0 radical (unpaired) electrons. The second-order valence-electron chi connectivity index (χ2n) is 4.94. The fourth-order valence-electron chi connectivity index (χ4n) is 2.61. The lowest BCUT2D eigenvalue weighted by Gasteiger charge is -2.11. The standard InChI is InChI=1S/C13H16BrN3/c1-7-3-4-15-12(7)13-16-10-6-9(14)5-8(2)11(10)17-13/h5-7,12,15H,3-4H2,1-2H3,(H,16,17). The summed E-state index contributed by atoms with van der Waals surface area (Å²) in [6, 6.07) is 4.58. The van der Waals surface area contributed by atoms with Gasteiger partial charge in [-0.05, 0) is 43.5 Å². The van der Waals surface area contributed by atoms with Crippen molar-refractivity contribution >= 4 is 27.0 Å². The van der Waals surface area contributed by atoms with Gasteiger partial charge in [0, 0.05) is 4.47 Å². The SMILES string of the molecule is Cc1cc(Br)cc2[nH]c(C3NCCC3C)nc12. The first-order valence-corrected chi connectivity index (χ1v) is 6.83. The molecule has 2 unspecified atom stereocenters. The monoisotopic (exact) mass is 293 g/mol. The summed E-state index contributed by atoms with van der Waals surface area (Å²) < 4.78 is 1.10. The van der Waals surface area contributed by atoms with Crippen molar-refractivity contribution in [2.45, 2.75) is 26.3 Å². The molecule has 0 amide bonds. The van der Waals surface area contributed by atoms with Crippen molar-refractivity contribution < 1.29 is 0 Å². The third-order valence-corrected chi connectivity index (χ3v) is 4.05. The van der Waals surface area contributed by atoms with Crippen molar-refractivity contribution in [2.75, 3.05) is 6.54 Å². The minimum Gasteiger partial charge on any atom is -0.341 e. The maximum atomic E-state index is 4.75. The number of nitrogens with one attached hydrogen (secondary N) is 2. The zero-order valence-electron chi connectivity index (χ0n) is 10.0. The molecule has 1 aromatic carbocycles. The third-order valence-electron chi connectivity index (χ3n) is 3.59. The molecule has 2 N–H and O–H groups in total. The van der Waals surface area contributed by atoms with Crippen LogP contribution in [0.15, 0.2) is 16.6 Å². The fourth-order valence-corrected chi connectivity index (χ4v) is 3.19. The summed E-state index contributed by atoms with van der Waals surface area (Å²) in [6.07, 6.45) is 1.23. The summed E-state index contributed by atoms with van der Waals surface area (Å²) >= 11 is 3.52. The molecule has 1 fully saturated rings. The Morgan fingerprint density at radius 3 is 2.94 bits per heavy atom. The van der Waals surface area contributed by atoms with E-state index in [1.165, 1.54) is 12.0 Å². The number of aromatic amines is 1. The molecule has 0 bridgehead atoms. The van der Waals surface area contributed by atoms with Crippen LogP contribution in [0.4, 0.5) is 0 Å². The second-order valence-corrected chi connectivity index (χ2v) is 5.85. The molecular formula is C13H16BrN3. The van der Waals surface area contributed by atoms with Gasteiger partial charge < -0.3 is 10.3 Å². The van der Waals surface area contributed by atoms with Crippen LogP contribution in [-0.4, -0.2) is 16.5 Å². The predicted octanol–water partition coefficient (Wildman–Crippen LogP) is 3.30. The first-order valence-electron chi connectivity index (χ1n) is 6.04. The molecule has 1 saturated heterocycles. The van der Waals surface area contributed by atoms with Crippen molar-refractivity contribution in [1.29, 1.82) is 0 Å². The van der Waals surface area contributed by atoms with Gasteiger partial charge in [-0.1, -0.05) is 22.9 Å². The molecular weight excluding hydrogens is 278 g/mol. The number of H-pyrrole nitrogens is 1. The highest BCUT2D eigenvalue weighted by Gasteiger charge is 2.27. The Kier molecular flexibility index (Phi) is 2.71. The van der Waals surface area contributed by atoms with E-state index in [1.807, 2.05) is 0 Å². The largest absolute Gasteiger partial charge is 0.341 e. The maximum Gasteiger partial charge on any atom is 0.124 e. The number of aryl methyl sites for hydroxylation is 1. The molecule has 1 aromatic heterocycles. The Hall–Kier alpha value is -0.870.